The molecule has 0 saturated heterocycles. The number of ether oxygens (including phenoxy) is 1. The maximum Gasteiger partial charge on any atom is 0.245 e. The second-order valence-corrected chi connectivity index (χ2v) is 9.18. The summed E-state index contributed by atoms with van der Waals surface area (Å²) in [5, 5.41) is 2.98. The number of benzene rings is 2. The first-order chi connectivity index (χ1) is 14.4. The molecule has 0 spiro atoms. The number of amides is 1. The number of carbonyl (C=O) groups is 1. The maximum absolute atomic E-state index is 13.7. The van der Waals surface area contributed by atoms with Crippen molar-refractivity contribution in [3.05, 3.63) is 59.9 Å². The number of halogens is 1. The molecule has 6 nitrogen and oxygen atoms in total. The van der Waals surface area contributed by atoms with Crippen LogP contribution in [0.25, 0.3) is 0 Å². The highest BCUT2D eigenvalue weighted by Gasteiger charge is 2.30. The van der Waals surface area contributed by atoms with Crippen LogP contribution in [0.4, 0.5) is 4.39 Å². The predicted molar refractivity (Wildman–Crippen MR) is 112 cm³/mol. The number of rotatable bonds is 8. The van der Waals surface area contributed by atoms with Gasteiger partial charge in [-0.15, -0.1) is 0 Å². The zero-order chi connectivity index (χ0) is 21.6. The first kappa shape index (κ1) is 22.2. The van der Waals surface area contributed by atoms with Gasteiger partial charge in [-0.2, -0.15) is 4.72 Å². The molecule has 2 aromatic rings. The van der Waals surface area contributed by atoms with E-state index in [0.717, 1.165) is 49.8 Å². The van der Waals surface area contributed by atoms with Crippen molar-refractivity contribution in [2.24, 2.45) is 0 Å². The van der Waals surface area contributed by atoms with Gasteiger partial charge in [-0.1, -0.05) is 49.6 Å². The Hall–Kier alpha value is -2.45. The van der Waals surface area contributed by atoms with Crippen molar-refractivity contribution in [1.29, 1.82) is 0 Å². The van der Waals surface area contributed by atoms with E-state index in [1.54, 1.807) is 0 Å². The fourth-order valence-electron chi connectivity index (χ4n) is 3.70. The molecule has 1 aliphatic carbocycles. The second-order valence-electron chi connectivity index (χ2n) is 7.50. The Morgan fingerprint density at radius 3 is 2.50 bits per heavy atom. The van der Waals surface area contributed by atoms with E-state index in [4.69, 9.17) is 4.74 Å². The van der Waals surface area contributed by atoms with Gasteiger partial charge in [0.25, 0.3) is 0 Å². The Morgan fingerprint density at radius 1 is 1.13 bits per heavy atom. The molecule has 2 N–H and O–H groups in total. The van der Waals surface area contributed by atoms with E-state index in [9.17, 15) is 17.6 Å². The first-order valence-corrected chi connectivity index (χ1v) is 11.6. The molecule has 2 aromatic carbocycles. The topological polar surface area (TPSA) is 84.5 Å². The van der Waals surface area contributed by atoms with Crippen LogP contribution < -0.4 is 14.8 Å². The summed E-state index contributed by atoms with van der Waals surface area (Å²) < 4.78 is 47.3. The van der Waals surface area contributed by atoms with Gasteiger partial charge in [0.1, 0.15) is 22.5 Å². The number of carbonyl (C=O) groups excluding carboxylic acids is 1. The summed E-state index contributed by atoms with van der Waals surface area (Å²) in [5.74, 6) is -1.08. The summed E-state index contributed by atoms with van der Waals surface area (Å²) in [6.07, 6.45) is 5.17. The maximum atomic E-state index is 13.7. The Balaban J connectivity index is 1.85. The lowest BCUT2D eigenvalue weighted by Gasteiger charge is -2.26. The molecular formula is C22H27FN2O4S. The van der Waals surface area contributed by atoms with Gasteiger partial charge in [0.15, 0.2) is 0 Å². The molecule has 1 amide bonds. The average Bonchev–Trinajstić information content (AvgIpc) is 2.74. The standard InChI is InChI=1S/C22H27FN2O4S/c1-29-20-13-12-17(23)15-21(20)30(27,28)25-19(14-16-8-4-2-5-9-16)22(26)24-18-10-6-3-7-11-18/h2,4-5,8-9,12-13,15,18-19,25H,3,6-7,10-11,14H2,1H3,(H,24,26). The van der Waals surface area contributed by atoms with Crippen LogP contribution in [-0.4, -0.2) is 33.5 Å². The van der Waals surface area contributed by atoms with Gasteiger partial charge in [-0.3, -0.25) is 4.79 Å². The SMILES string of the molecule is COc1ccc(F)cc1S(=O)(=O)NC(Cc1ccccc1)C(=O)NC1CCCCC1. The van der Waals surface area contributed by atoms with Gasteiger partial charge < -0.3 is 10.1 Å². The molecule has 1 fully saturated rings. The van der Waals surface area contributed by atoms with Crippen molar-refractivity contribution in [3.8, 4) is 5.75 Å². The van der Waals surface area contributed by atoms with Gasteiger partial charge in [-0.25, -0.2) is 12.8 Å². The molecule has 162 valence electrons. The van der Waals surface area contributed by atoms with Crippen LogP contribution in [0.3, 0.4) is 0 Å². The van der Waals surface area contributed by atoms with Crippen molar-refractivity contribution >= 4 is 15.9 Å². The number of sulfonamides is 1. The van der Waals surface area contributed by atoms with E-state index < -0.39 is 21.9 Å². The minimum Gasteiger partial charge on any atom is -0.495 e. The van der Waals surface area contributed by atoms with Gasteiger partial charge in [0.2, 0.25) is 15.9 Å². The molecule has 0 aliphatic heterocycles. The Bertz CT molecular complexity index is 960. The van der Waals surface area contributed by atoms with Gasteiger partial charge in [0.05, 0.1) is 7.11 Å². The highest BCUT2D eigenvalue weighted by molar-refractivity contribution is 7.89. The molecule has 1 unspecified atom stereocenters. The van der Waals surface area contributed by atoms with Crippen molar-refractivity contribution in [2.75, 3.05) is 7.11 Å². The van der Waals surface area contributed by atoms with Gasteiger partial charge >= 0.3 is 0 Å². The zero-order valence-corrected chi connectivity index (χ0v) is 17.8. The molecule has 0 heterocycles. The first-order valence-electron chi connectivity index (χ1n) is 10.1. The smallest absolute Gasteiger partial charge is 0.245 e. The molecule has 8 heteroatoms. The van der Waals surface area contributed by atoms with Crippen LogP contribution in [0.1, 0.15) is 37.7 Å². The van der Waals surface area contributed by atoms with Crippen molar-refractivity contribution in [2.45, 2.75) is 55.5 Å². The third-order valence-electron chi connectivity index (χ3n) is 5.26. The Labute approximate surface area is 176 Å². The van der Waals surface area contributed by atoms with Crippen LogP contribution in [0.5, 0.6) is 5.75 Å². The highest BCUT2D eigenvalue weighted by Crippen LogP contribution is 2.25. The fourth-order valence-corrected chi connectivity index (χ4v) is 5.07. The highest BCUT2D eigenvalue weighted by atomic mass is 32.2. The molecule has 3 rings (SSSR count). The molecule has 0 bridgehead atoms. The van der Waals surface area contributed by atoms with E-state index in [0.29, 0.717) is 0 Å². The molecule has 0 aromatic heterocycles. The summed E-state index contributed by atoms with van der Waals surface area (Å²) in [5.41, 5.74) is 0.815. The summed E-state index contributed by atoms with van der Waals surface area (Å²) in [7, 11) is -2.90. The van der Waals surface area contributed by atoms with Crippen LogP contribution in [0.15, 0.2) is 53.4 Å². The Morgan fingerprint density at radius 2 is 1.83 bits per heavy atom. The lowest BCUT2D eigenvalue weighted by atomic mass is 9.95. The normalized spacial score (nSPS) is 16.1. The summed E-state index contributed by atoms with van der Waals surface area (Å²) in [6, 6.07) is 11.4. The largest absolute Gasteiger partial charge is 0.495 e. The van der Waals surface area contributed by atoms with E-state index in [2.05, 4.69) is 10.0 Å². The minimum absolute atomic E-state index is 0.00931. The molecule has 0 radical (unpaired) electrons. The average molecular weight is 435 g/mol. The van der Waals surface area contributed by atoms with Crippen molar-refractivity contribution in [3.63, 3.8) is 0 Å². The van der Waals surface area contributed by atoms with E-state index in [-0.39, 0.29) is 29.0 Å². The summed E-state index contributed by atoms with van der Waals surface area (Å²) in [4.78, 5) is 12.7. The monoisotopic (exact) mass is 434 g/mol. The van der Waals surface area contributed by atoms with Crippen LogP contribution in [0.2, 0.25) is 0 Å². The van der Waals surface area contributed by atoms with Crippen molar-refractivity contribution in [1.82, 2.24) is 10.0 Å². The van der Waals surface area contributed by atoms with Gasteiger partial charge in [-0.05, 0) is 43.0 Å². The quantitative estimate of drug-likeness (QED) is 0.668. The molecule has 30 heavy (non-hydrogen) atoms. The molecule has 1 aliphatic rings. The number of hydrogen-bond acceptors (Lipinski definition) is 4. The van der Waals surface area contributed by atoms with E-state index in [1.807, 2.05) is 30.3 Å². The number of hydrogen-bond donors (Lipinski definition) is 2. The molecular weight excluding hydrogens is 407 g/mol. The van der Waals surface area contributed by atoms with Crippen LogP contribution in [-0.2, 0) is 21.2 Å². The number of methoxy groups -OCH3 is 1. The van der Waals surface area contributed by atoms with E-state index >= 15 is 0 Å². The minimum atomic E-state index is -4.21. The lowest BCUT2D eigenvalue weighted by Crippen LogP contribution is -2.51. The van der Waals surface area contributed by atoms with Crippen molar-refractivity contribution < 1.29 is 22.3 Å². The Kier molecular flexibility index (Phi) is 7.44. The lowest BCUT2D eigenvalue weighted by molar-refractivity contribution is -0.123. The third kappa shape index (κ3) is 5.79. The number of nitrogens with one attached hydrogen (secondary N) is 2. The van der Waals surface area contributed by atoms with E-state index in [1.165, 1.54) is 13.2 Å². The summed E-state index contributed by atoms with van der Waals surface area (Å²) in [6.45, 7) is 0. The third-order valence-corrected chi connectivity index (χ3v) is 6.76. The second kappa shape index (κ2) is 10.0. The van der Waals surface area contributed by atoms with Crippen LogP contribution >= 0.6 is 0 Å². The molecule has 1 saturated carbocycles. The molecule has 1 atom stereocenters. The van der Waals surface area contributed by atoms with Crippen LogP contribution in [0, 0.1) is 5.82 Å². The fraction of sp³-hybridized carbons (Fsp3) is 0.409. The van der Waals surface area contributed by atoms with Gasteiger partial charge in [0, 0.05) is 6.04 Å². The summed E-state index contributed by atoms with van der Waals surface area (Å²) >= 11 is 0. The zero-order valence-electron chi connectivity index (χ0n) is 16.9. The predicted octanol–water partition coefficient (Wildman–Crippen LogP) is 3.17.